The Morgan fingerprint density at radius 1 is 1.16 bits per heavy atom. The number of aryl methyl sites for hydroxylation is 2. The molecule has 0 saturated heterocycles. The number of rotatable bonds is 6. The Morgan fingerprint density at radius 2 is 1.90 bits per heavy atom. The highest BCUT2D eigenvalue weighted by atomic mass is 16.6. The smallest absolute Gasteiger partial charge is 0.312 e. The topological polar surface area (TPSA) is 120 Å². The number of fused-ring (bicyclic) bond motifs is 1. The van der Waals surface area contributed by atoms with E-state index in [9.17, 15) is 14.9 Å². The van der Waals surface area contributed by atoms with Crippen molar-refractivity contribution < 1.29 is 9.72 Å². The minimum atomic E-state index is -0.441. The van der Waals surface area contributed by atoms with Crippen LogP contribution >= 0.6 is 0 Å². The Balaban J connectivity index is 1.51. The molecule has 1 N–H and O–H groups in total. The van der Waals surface area contributed by atoms with Gasteiger partial charge in [-0.05, 0) is 26.8 Å². The Labute approximate surface area is 177 Å². The van der Waals surface area contributed by atoms with Crippen molar-refractivity contribution in [3.05, 3.63) is 75.4 Å². The van der Waals surface area contributed by atoms with Crippen LogP contribution in [0.2, 0.25) is 0 Å². The molecule has 0 spiro atoms. The molecule has 1 amide bonds. The maximum absolute atomic E-state index is 12.7. The number of nitro groups is 1. The average Bonchev–Trinajstić information content (AvgIpc) is 3.29. The lowest BCUT2D eigenvalue weighted by Crippen LogP contribution is -2.27. The molecule has 3 heterocycles. The highest BCUT2D eigenvalue weighted by Gasteiger charge is 2.22. The number of carbonyl (C=O) groups is 1. The normalized spacial score (nSPS) is 11.1. The second-order valence-electron chi connectivity index (χ2n) is 7.25. The number of hydrogen-bond acceptors (Lipinski definition) is 6. The van der Waals surface area contributed by atoms with E-state index in [0.29, 0.717) is 29.1 Å². The van der Waals surface area contributed by atoms with Gasteiger partial charge in [0.25, 0.3) is 5.91 Å². The molecule has 0 bridgehead atoms. The summed E-state index contributed by atoms with van der Waals surface area (Å²) >= 11 is 0. The van der Waals surface area contributed by atoms with Crippen LogP contribution in [0.25, 0.3) is 16.9 Å². The Morgan fingerprint density at radius 3 is 2.58 bits per heavy atom. The third kappa shape index (κ3) is 3.75. The molecule has 0 radical (unpaired) electrons. The lowest BCUT2D eigenvalue weighted by molar-refractivity contribution is -0.386. The Hall–Kier alpha value is -4.08. The maximum atomic E-state index is 12.7. The molecule has 10 heteroatoms. The third-order valence-corrected chi connectivity index (χ3v) is 5.13. The highest BCUT2D eigenvalue weighted by molar-refractivity contribution is 5.99. The van der Waals surface area contributed by atoms with Gasteiger partial charge in [-0.15, -0.1) is 0 Å². The van der Waals surface area contributed by atoms with Gasteiger partial charge in [0.2, 0.25) is 0 Å². The van der Waals surface area contributed by atoms with Gasteiger partial charge in [-0.3, -0.25) is 19.6 Å². The second kappa shape index (κ2) is 7.98. The van der Waals surface area contributed by atoms with Crippen molar-refractivity contribution in [1.29, 1.82) is 0 Å². The number of nitrogens with zero attached hydrogens (tertiary/aromatic N) is 6. The highest BCUT2D eigenvalue weighted by Crippen LogP contribution is 2.22. The monoisotopic (exact) mass is 419 g/mol. The number of amides is 1. The molecule has 0 saturated carbocycles. The summed E-state index contributed by atoms with van der Waals surface area (Å²) in [5.41, 5.74) is 4.58. The van der Waals surface area contributed by atoms with E-state index in [1.807, 2.05) is 37.3 Å². The minimum Gasteiger partial charge on any atom is -0.350 e. The molecule has 1 aromatic carbocycles. The van der Waals surface area contributed by atoms with Gasteiger partial charge < -0.3 is 5.32 Å². The number of hydrogen-bond donors (Lipinski definition) is 1. The molecule has 4 aromatic rings. The van der Waals surface area contributed by atoms with E-state index in [1.165, 1.54) is 10.9 Å². The molecule has 4 rings (SSSR count). The van der Waals surface area contributed by atoms with Gasteiger partial charge >= 0.3 is 5.69 Å². The SMILES string of the molecule is Cc1ccc(-c2ccnc3c(C(=O)NCCn4nc(C)c([N+](=O)[O-])c4C)cnn23)cc1. The van der Waals surface area contributed by atoms with E-state index in [4.69, 9.17) is 0 Å². The van der Waals surface area contributed by atoms with Gasteiger partial charge in [-0.25, -0.2) is 9.50 Å². The Bertz CT molecular complexity index is 1290. The molecule has 0 fully saturated rings. The number of aromatic nitrogens is 5. The van der Waals surface area contributed by atoms with Crippen molar-refractivity contribution in [3.63, 3.8) is 0 Å². The number of nitrogens with one attached hydrogen (secondary N) is 1. The summed E-state index contributed by atoms with van der Waals surface area (Å²) in [6.45, 7) is 5.82. The van der Waals surface area contributed by atoms with Crippen molar-refractivity contribution in [2.24, 2.45) is 0 Å². The van der Waals surface area contributed by atoms with Crippen LogP contribution in [0, 0.1) is 30.9 Å². The quantitative estimate of drug-likeness (QED) is 0.379. The fraction of sp³-hybridized carbons (Fsp3) is 0.238. The lowest BCUT2D eigenvalue weighted by atomic mass is 10.1. The fourth-order valence-corrected chi connectivity index (χ4v) is 3.53. The first-order chi connectivity index (χ1) is 14.9. The second-order valence-corrected chi connectivity index (χ2v) is 7.25. The predicted molar refractivity (Wildman–Crippen MR) is 114 cm³/mol. The third-order valence-electron chi connectivity index (χ3n) is 5.13. The van der Waals surface area contributed by atoms with E-state index in [0.717, 1.165) is 16.8 Å². The molecular weight excluding hydrogens is 398 g/mol. The molecule has 3 aromatic heterocycles. The molecule has 0 unspecified atom stereocenters. The average molecular weight is 419 g/mol. The molecular formula is C21H21N7O3. The van der Waals surface area contributed by atoms with E-state index in [2.05, 4.69) is 20.5 Å². The molecule has 158 valence electrons. The van der Waals surface area contributed by atoms with Crippen molar-refractivity contribution >= 4 is 17.2 Å². The van der Waals surface area contributed by atoms with Gasteiger partial charge in [0, 0.05) is 18.3 Å². The summed E-state index contributed by atoms with van der Waals surface area (Å²) in [5, 5.41) is 22.5. The standard InChI is InChI=1S/C21H21N7O3/c1-13-4-6-16(7-5-13)18-8-9-22-20-17(12-24-27(18)20)21(29)23-10-11-26-15(3)19(28(30)31)14(2)25-26/h4-9,12H,10-11H2,1-3H3,(H,23,29). The van der Waals surface area contributed by atoms with Crippen LogP contribution in [0.3, 0.4) is 0 Å². The molecule has 0 aliphatic heterocycles. The first-order valence-electron chi connectivity index (χ1n) is 9.73. The van der Waals surface area contributed by atoms with Crippen LogP contribution in [0.15, 0.2) is 42.7 Å². The van der Waals surface area contributed by atoms with Crippen molar-refractivity contribution in [2.45, 2.75) is 27.3 Å². The van der Waals surface area contributed by atoms with Crippen LogP contribution in [0.1, 0.15) is 27.3 Å². The summed E-state index contributed by atoms with van der Waals surface area (Å²) in [7, 11) is 0. The summed E-state index contributed by atoms with van der Waals surface area (Å²) in [6.07, 6.45) is 3.14. The van der Waals surface area contributed by atoms with Crippen LogP contribution in [-0.4, -0.2) is 41.8 Å². The van der Waals surface area contributed by atoms with Gasteiger partial charge in [0.05, 0.1) is 23.4 Å². The lowest BCUT2D eigenvalue weighted by Gasteiger charge is -2.07. The fourth-order valence-electron chi connectivity index (χ4n) is 3.53. The molecule has 31 heavy (non-hydrogen) atoms. The predicted octanol–water partition coefficient (Wildman–Crippen LogP) is 2.86. The van der Waals surface area contributed by atoms with Crippen molar-refractivity contribution in [2.75, 3.05) is 6.54 Å². The summed E-state index contributed by atoms with van der Waals surface area (Å²) in [5.74, 6) is -0.320. The molecule has 0 atom stereocenters. The van der Waals surface area contributed by atoms with Crippen LogP contribution in [0.4, 0.5) is 5.69 Å². The number of benzene rings is 1. The largest absolute Gasteiger partial charge is 0.350 e. The van der Waals surface area contributed by atoms with E-state index in [-0.39, 0.29) is 18.1 Å². The van der Waals surface area contributed by atoms with Gasteiger partial charge in [0.15, 0.2) is 5.65 Å². The zero-order chi connectivity index (χ0) is 22.1. The van der Waals surface area contributed by atoms with E-state index < -0.39 is 4.92 Å². The minimum absolute atomic E-state index is 0.00166. The molecule has 0 aliphatic carbocycles. The van der Waals surface area contributed by atoms with Crippen LogP contribution in [0.5, 0.6) is 0 Å². The first kappa shape index (κ1) is 20.2. The summed E-state index contributed by atoms with van der Waals surface area (Å²) in [4.78, 5) is 27.7. The molecule has 0 aliphatic rings. The van der Waals surface area contributed by atoms with Gasteiger partial charge in [-0.2, -0.15) is 10.2 Å². The van der Waals surface area contributed by atoms with Gasteiger partial charge in [-0.1, -0.05) is 29.8 Å². The zero-order valence-electron chi connectivity index (χ0n) is 17.4. The van der Waals surface area contributed by atoms with Crippen molar-refractivity contribution in [3.8, 4) is 11.3 Å². The van der Waals surface area contributed by atoms with E-state index >= 15 is 0 Å². The summed E-state index contributed by atoms with van der Waals surface area (Å²) < 4.78 is 3.17. The molecule has 10 nitrogen and oxygen atoms in total. The zero-order valence-corrected chi connectivity index (χ0v) is 17.4. The summed E-state index contributed by atoms with van der Waals surface area (Å²) in [6, 6.07) is 9.88. The van der Waals surface area contributed by atoms with Crippen LogP contribution in [-0.2, 0) is 6.54 Å². The van der Waals surface area contributed by atoms with Crippen molar-refractivity contribution in [1.82, 2.24) is 29.7 Å². The Kier molecular flexibility index (Phi) is 5.20. The number of carbonyl (C=O) groups excluding carboxylic acids is 1. The van der Waals surface area contributed by atoms with Crippen LogP contribution < -0.4 is 5.32 Å². The van der Waals surface area contributed by atoms with Gasteiger partial charge in [0.1, 0.15) is 17.0 Å². The first-order valence-corrected chi connectivity index (χ1v) is 9.73. The maximum Gasteiger partial charge on any atom is 0.312 e. The van der Waals surface area contributed by atoms with E-state index in [1.54, 1.807) is 24.6 Å².